The molecule has 3 aliphatic rings. The molecule has 0 N–H and O–H groups in total. The van der Waals surface area contributed by atoms with E-state index in [0.717, 1.165) is 60.6 Å². The first-order chi connectivity index (χ1) is 18.5. The summed E-state index contributed by atoms with van der Waals surface area (Å²) in [6.07, 6.45) is 7.89. The van der Waals surface area contributed by atoms with Gasteiger partial charge < -0.3 is 14.2 Å². The maximum atomic E-state index is 12.9. The zero-order valence-corrected chi connectivity index (χ0v) is 22.9. The van der Waals surface area contributed by atoms with Crippen molar-refractivity contribution in [1.82, 2.24) is 24.2 Å². The summed E-state index contributed by atoms with van der Waals surface area (Å²) in [5.74, 6) is 1.77. The summed E-state index contributed by atoms with van der Waals surface area (Å²) in [6, 6.07) is 6.35. The molecule has 0 spiro atoms. The number of benzene rings is 1. The van der Waals surface area contributed by atoms with Gasteiger partial charge in [0.1, 0.15) is 5.75 Å². The summed E-state index contributed by atoms with van der Waals surface area (Å²) >= 11 is 1.61. The van der Waals surface area contributed by atoms with Gasteiger partial charge in [-0.1, -0.05) is 26.0 Å². The highest BCUT2D eigenvalue weighted by Crippen LogP contribution is 2.44. The van der Waals surface area contributed by atoms with Crippen molar-refractivity contribution in [3.63, 3.8) is 0 Å². The molecule has 5 heterocycles. The lowest BCUT2D eigenvalue weighted by atomic mass is 10.00. The highest BCUT2D eigenvalue weighted by Gasteiger charge is 2.32. The Hall–Kier alpha value is -3.02. The van der Waals surface area contributed by atoms with Crippen LogP contribution in [0.25, 0.3) is 16.7 Å². The van der Waals surface area contributed by atoms with Crippen molar-refractivity contribution in [2.45, 2.75) is 58.3 Å². The highest BCUT2D eigenvalue weighted by molar-refractivity contribution is 8.04. The first-order valence-corrected chi connectivity index (χ1v) is 14.1. The fourth-order valence-electron chi connectivity index (χ4n) is 5.10. The molecule has 3 aromatic rings. The summed E-state index contributed by atoms with van der Waals surface area (Å²) in [5.41, 5.74) is 4.25. The van der Waals surface area contributed by atoms with Crippen molar-refractivity contribution in [2.75, 3.05) is 30.8 Å². The fraction of sp³-hybridized carbons (Fsp3) is 0.519. The van der Waals surface area contributed by atoms with E-state index < -0.39 is 0 Å². The smallest absolute Gasteiger partial charge is 0.365 e. The van der Waals surface area contributed by atoms with Gasteiger partial charge in [0, 0.05) is 60.2 Å². The van der Waals surface area contributed by atoms with Gasteiger partial charge in [-0.3, -0.25) is 4.68 Å². The van der Waals surface area contributed by atoms with Crippen molar-refractivity contribution >= 4 is 17.5 Å². The highest BCUT2D eigenvalue weighted by atomic mass is 32.2. The maximum absolute atomic E-state index is 12.9. The van der Waals surface area contributed by atoms with Gasteiger partial charge in [-0.2, -0.15) is 14.9 Å². The number of aryl methyl sites for hydroxylation is 1. The topological polar surface area (TPSA) is 88.6 Å². The Morgan fingerprint density at radius 1 is 1.21 bits per heavy atom. The molecule has 3 aliphatic heterocycles. The lowest BCUT2D eigenvalue weighted by Gasteiger charge is -2.22. The second-order valence-electron chi connectivity index (χ2n) is 10.2. The molecule has 1 atom stereocenters. The number of hydrogen-bond donors (Lipinski definition) is 0. The molecule has 38 heavy (non-hydrogen) atoms. The first-order valence-electron chi connectivity index (χ1n) is 13.3. The second kappa shape index (κ2) is 10.6. The third-order valence-corrected chi connectivity index (χ3v) is 8.31. The molecule has 0 amide bonds. The first kappa shape index (κ1) is 25.3. The van der Waals surface area contributed by atoms with E-state index in [2.05, 4.69) is 42.2 Å². The molecule has 2 aromatic heterocycles. The number of nitrogens with zero attached hydrogens (tertiary/aromatic N) is 6. The van der Waals surface area contributed by atoms with Gasteiger partial charge in [-0.25, -0.2) is 13.9 Å². The van der Waals surface area contributed by atoms with Gasteiger partial charge in [-0.15, -0.1) is 0 Å². The summed E-state index contributed by atoms with van der Waals surface area (Å²) < 4.78 is 24.8. The lowest BCUT2D eigenvalue weighted by Crippen LogP contribution is -2.38. The molecule has 0 saturated carbocycles. The standard InChI is InChI=1S/C27H34N6O4S/c1-18(2)26-29-30(3)27(34)33(26)32-17-22-21-8-7-19(14-23(21)35-12-9-24(22)38-32)20-15-28-31(16-20)10-13-37-25-6-4-5-11-36-25/h7-8,14-16,18,25H,4-6,9-13,17H2,1-3H3. The van der Waals surface area contributed by atoms with Crippen LogP contribution in [-0.2, 0) is 23.1 Å². The zero-order valence-electron chi connectivity index (χ0n) is 22.1. The molecule has 6 rings (SSSR count). The molecule has 0 bridgehead atoms. The molecule has 10 nitrogen and oxygen atoms in total. The average Bonchev–Trinajstić information content (AvgIpc) is 3.60. The van der Waals surface area contributed by atoms with E-state index in [1.807, 2.05) is 21.5 Å². The molecule has 1 aromatic carbocycles. The molecular weight excluding hydrogens is 504 g/mol. The van der Waals surface area contributed by atoms with Gasteiger partial charge in [0.2, 0.25) is 0 Å². The van der Waals surface area contributed by atoms with E-state index in [-0.39, 0.29) is 17.9 Å². The van der Waals surface area contributed by atoms with Crippen LogP contribution in [0.1, 0.15) is 56.8 Å². The van der Waals surface area contributed by atoms with Gasteiger partial charge in [0.25, 0.3) is 0 Å². The predicted molar refractivity (Wildman–Crippen MR) is 146 cm³/mol. The Labute approximate surface area is 226 Å². The molecule has 0 radical (unpaired) electrons. The number of hydrogen-bond acceptors (Lipinski definition) is 8. The summed E-state index contributed by atoms with van der Waals surface area (Å²) in [4.78, 5) is 14.1. The minimum atomic E-state index is -0.126. The van der Waals surface area contributed by atoms with E-state index >= 15 is 0 Å². The lowest BCUT2D eigenvalue weighted by molar-refractivity contribution is -0.163. The predicted octanol–water partition coefficient (Wildman–Crippen LogP) is 3.91. The molecule has 1 saturated heterocycles. The molecule has 0 aliphatic carbocycles. The Morgan fingerprint density at radius 2 is 2.11 bits per heavy atom. The zero-order chi connectivity index (χ0) is 26.2. The number of fused-ring (bicyclic) bond motifs is 2. The summed E-state index contributed by atoms with van der Waals surface area (Å²) in [7, 11) is 1.70. The van der Waals surface area contributed by atoms with Gasteiger partial charge >= 0.3 is 5.69 Å². The van der Waals surface area contributed by atoms with Gasteiger partial charge in [0.05, 0.1) is 32.5 Å². The third kappa shape index (κ3) is 4.90. The van der Waals surface area contributed by atoms with Crippen molar-refractivity contribution in [3.8, 4) is 16.9 Å². The molecule has 1 fully saturated rings. The van der Waals surface area contributed by atoms with Crippen molar-refractivity contribution < 1.29 is 14.2 Å². The summed E-state index contributed by atoms with van der Waals surface area (Å²) in [5, 5.41) is 9.00. The van der Waals surface area contributed by atoms with Crippen LogP contribution < -0.4 is 14.8 Å². The SMILES string of the molecule is CC(C)c1nn(C)c(=O)n1N1CC2=C(CCOc3cc(-c4cnn(CCOC5CCCCO5)c4)ccc32)S1. The molecule has 1 unspecified atom stereocenters. The minimum absolute atomic E-state index is 0.0851. The van der Waals surface area contributed by atoms with E-state index in [0.29, 0.717) is 26.3 Å². The minimum Gasteiger partial charge on any atom is -0.493 e. The molecule has 202 valence electrons. The van der Waals surface area contributed by atoms with Crippen LogP contribution in [0.15, 0.2) is 40.3 Å². The van der Waals surface area contributed by atoms with Crippen LogP contribution in [0.4, 0.5) is 0 Å². The Kier molecular flexibility index (Phi) is 7.07. The largest absolute Gasteiger partial charge is 0.493 e. The van der Waals surface area contributed by atoms with E-state index in [1.54, 1.807) is 23.7 Å². The van der Waals surface area contributed by atoms with Crippen molar-refractivity contribution in [3.05, 3.63) is 57.4 Å². The Morgan fingerprint density at radius 3 is 2.92 bits per heavy atom. The van der Waals surface area contributed by atoms with E-state index in [1.165, 1.54) is 15.2 Å². The van der Waals surface area contributed by atoms with Crippen molar-refractivity contribution in [1.29, 1.82) is 0 Å². The molecular formula is C27H34N6O4S. The monoisotopic (exact) mass is 538 g/mol. The normalized spacial score (nSPS) is 19.5. The van der Waals surface area contributed by atoms with Gasteiger partial charge in [0.15, 0.2) is 12.1 Å². The van der Waals surface area contributed by atoms with E-state index in [4.69, 9.17) is 14.2 Å². The average molecular weight is 539 g/mol. The van der Waals surface area contributed by atoms with Crippen LogP contribution in [-0.4, -0.2) is 56.9 Å². The van der Waals surface area contributed by atoms with Crippen LogP contribution in [0.3, 0.4) is 0 Å². The second-order valence-corrected chi connectivity index (χ2v) is 11.3. The van der Waals surface area contributed by atoms with Gasteiger partial charge in [-0.05, 0) is 36.5 Å². The van der Waals surface area contributed by atoms with Crippen molar-refractivity contribution in [2.24, 2.45) is 7.05 Å². The number of rotatable bonds is 7. The van der Waals surface area contributed by atoms with Crippen LogP contribution in [0.2, 0.25) is 0 Å². The Bertz CT molecular complexity index is 1400. The third-order valence-electron chi connectivity index (χ3n) is 7.13. The van der Waals surface area contributed by atoms with Crippen LogP contribution in [0.5, 0.6) is 5.75 Å². The van der Waals surface area contributed by atoms with Crippen LogP contribution >= 0.6 is 11.9 Å². The summed E-state index contributed by atoms with van der Waals surface area (Å²) in [6.45, 7) is 7.36. The Balaban J connectivity index is 1.18. The van der Waals surface area contributed by atoms with Crippen LogP contribution in [0, 0.1) is 0 Å². The quantitative estimate of drug-likeness (QED) is 0.419. The van der Waals surface area contributed by atoms with E-state index in [9.17, 15) is 4.79 Å². The maximum Gasteiger partial charge on any atom is 0.365 e. The molecule has 11 heteroatoms. The number of aromatic nitrogens is 5. The number of ether oxygens (including phenoxy) is 3. The fourth-order valence-corrected chi connectivity index (χ4v) is 6.25.